The maximum Gasteiger partial charge on any atom is 0.271 e. The number of fused-ring (bicyclic) bond motifs is 1. The number of anilines is 1. The minimum Gasteiger partial charge on any atom is -0.359 e. The van der Waals surface area contributed by atoms with Crippen molar-refractivity contribution >= 4 is 17.4 Å². The fourth-order valence-electron chi connectivity index (χ4n) is 3.16. The van der Waals surface area contributed by atoms with Gasteiger partial charge < -0.3 is 14.6 Å². The van der Waals surface area contributed by atoms with Crippen LogP contribution in [-0.4, -0.2) is 38.9 Å². The van der Waals surface area contributed by atoms with Crippen molar-refractivity contribution < 1.29 is 4.79 Å². The molecule has 1 N–H and O–H groups in total. The molecule has 0 aliphatic heterocycles. The summed E-state index contributed by atoms with van der Waals surface area (Å²) in [6.07, 6.45) is 7.99. The summed E-state index contributed by atoms with van der Waals surface area (Å²) in [7, 11) is 2.00. The molecule has 0 aliphatic carbocycles. The number of aromatic nitrogens is 4. The topological polar surface area (TPSA) is 75.4 Å². The van der Waals surface area contributed by atoms with E-state index in [-0.39, 0.29) is 5.91 Å². The number of rotatable bonds is 7. The van der Waals surface area contributed by atoms with Crippen molar-refractivity contribution in [2.45, 2.75) is 13.0 Å². The number of carbonyl (C=O) groups is 1. The summed E-state index contributed by atoms with van der Waals surface area (Å²) in [5, 5.41) is 2.95. The van der Waals surface area contributed by atoms with Gasteiger partial charge in [-0.3, -0.25) is 9.78 Å². The molecule has 4 rings (SSSR count). The standard InChI is InChI=1S/C22H22N6O/c1-27(14-10-18-8-2-4-11-23-18)21-17(7-6-12-24-21)15-25-22(29)19-16-28-13-5-3-9-20(28)26-19/h2-9,11-13,16H,10,14-15H2,1H3,(H,25,29). The van der Waals surface area contributed by atoms with Gasteiger partial charge >= 0.3 is 0 Å². The molecular formula is C22H22N6O. The Bertz CT molecular complexity index is 1080. The zero-order chi connectivity index (χ0) is 20.1. The Morgan fingerprint density at radius 1 is 1.07 bits per heavy atom. The van der Waals surface area contributed by atoms with Crippen molar-refractivity contribution in [1.29, 1.82) is 0 Å². The van der Waals surface area contributed by atoms with Crippen LogP contribution in [0.15, 0.2) is 73.3 Å². The molecule has 4 heterocycles. The maximum atomic E-state index is 12.6. The second-order valence-electron chi connectivity index (χ2n) is 6.75. The van der Waals surface area contributed by atoms with Gasteiger partial charge in [0.1, 0.15) is 17.2 Å². The van der Waals surface area contributed by atoms with Crippen LogP contribution >= 0.6 is 0 Å². The Morgan fingerprint density at radius 3 is 2.76 bits per heavy atom. The molecule has 7 nitrogen and oxygen atoms in total. The average Bonchev–Trinajstić information content (AvgIpc) is 3.21. The number of nitrogens with one attached hydrogen (secondary N) is 1. The Balaban J connectivity index is 1.41. The maximum absolute atomic E-state index is 12.6. The van der Waals surface area contributed by atoms with Crippen LogP contribution in [0.2, 0.25) is 0 Å². The van der Waals surface area contributed by atoms with Crippen molar-refractivity contribution in [2.24, 2.45) is 0 Å². The van der Waals surface area contributed by atoms with Crippen LogP contribution < -0.4 is 10.2 Å². The summed E-state index contributed by atoms with van der Waals surface area (Å²) in [5.41, 5.74) is 3.13. The molecule has 0 radical (unpaired) electrons. The molecule has 0 spiro atoms. The van der Waals surface area contributed by atoms with Gasteiger partial charge in [-0.15, -0.1) is 0 Å². The van der Waals surface area contributed by atoms with E-state index in [1.165, 1.54) is 0 Å². The van der Waals surface area contributed by atoms with Crippen molar-refractivity contribution in [2.75, 3.05) is 18.5 Å². The second kappa shape index (κ2) is 8.52. The number of imidazole rings is 1. The highest BCUT2D eigenvalue weighted by atomic mass is 16.1. The molecule has 7 heteroatoms. The third-order valence-electron chi connectivity index (χ3n) is 4.69. The first-order valence-electron chi connectivity index (χ1n) is 9.47. The fraction of sp³-hybridized carbons (Fsp3) is 0.182. The lowest BCUT2D eigenvalue weighted by Gasteiger charge is -2.21. The molecule has 1 amide bonds. The summed E-state index contributed by atoms with van der Waals surface area (Å²) >= 11 is 0. The van der Waals surface area contributed by atoms with Crippen molar-refractivity contribution in [1.82, 2.24) is 24.7 Å². The molecule has 146 valence electrons. The van der Waals surface area contributed by atoms with E-state index in [0.29, 0.717) is 12.2 Å². The molecular weight excluding hydrogens is 364 g/mol. The van der Waals surface area contributed by atoms with Gasteiger partial charge in [-0.2, -0.15) is 0 Å². The molecule has 0 unspecified atom stereocenters. The lowest BCUT2D eigenvalue weighted by atomic mass is 10.2. The zero-order valence-corrected chi connectivity index (χ0v) is 16.2. The lowest BCUT2D eigenvalue weighted by molar-refractivity contribution is 0.0946. The fourth-order valence-corrected chi connectivity index (χ4v) is 3.16. The molecule has 0 aromatic carbocycles. The smallest absolute Gasteiger partial charge is 0.271 e. The number of carbonyl (C=O) groups excluding carboxylic acids is 1. The van der Waals surface area contributed by atoms with E-state index in [1.807, 2.05) is 66.2 Å². The van der Waals surface area contributed by atoms with E-state index in [4.69, 9.17) is 0 Å². The highest BCUT2D eigenvalue weighted by molar-refractivity contribution is 5.92. The molecule has 0 aliphatic rings. The predicted molar refractivity (Wildman–Crippen MR) is 112 cm³/mol. The Kier molecular flexibility index (Phi) is 5.47. The van der Waals surface area contributed by atoms with Crippen LogP contribution in [0.5, 0.6) is 0 Å². The molecule has 4 aromatic rings. The van der Waals surface area contributed by atoms with Crippen molar-refractivity contribution in [3.8, 4) is 0 Å². The molecule has 0 bridgehead atoms. The van der Waals surface area contributed by atoms with E-state index in [9.17, 15) is 4.79 Å². The largest absolute Gasteiger partial charge is 0.359 e. The minimum absolute atomic E-state index is 0.209. The van der Waals surface area contributed by atoms with Gasteiger partial charge in [0, 0.05) is 62.6 Å². The van der Waals surface area contributed by atoms with Gasteiger partial charge in [0.05, 0.1) is 0 Å². The third-order valence-corrected chi connectivity index (χ3v) is 4.69. The average molecular weight is 386 g/mol. The van der Waals surface area contributed by atoms with Crippen LogP contribution in [0.1, 0.15) is 21.7 Å². The van der Waals surface area contributed by atoms with Gasteiger partial charge in [-0.1, -0.05) is 18.2 Å². The zero-order valence-electron chi connectivity index (χ0n) is 16.2. The number of hydrogen-bond acceptors (Lipinski definition) is 5. The van der Waals surface area contributed by atoms with Crippen LogP contribution in [-0.2, 0) is 13.0 Å². The second-order valence-corrected chi connectivity index (χ2v) is 6.75. The number of hydrogen-bond donors (Lipinski definition) is 1. The highest BCUT2D eigenvalue weighted by Gasteiger charge is 2.13. The molecule has 0 fully saturated rings. The van der Waals surface area contributed by atoms with Gasteiger partial charge in [0.15, 0.2) is 0 Å². The van der Waals surface area contributed by atoms with Crippen molar-refractivity contribution in [3.05, 3.63) is 90.3 Å². The number of nitrogens with zero attached hydrogens (tertiary/aromatic N) is 5. The first-order chi connectivity index (χ1) is 14.2. The van der Waals surface area contributed by atoms with Gasteiger partial charge in [0.2, 0.25) is 0 Å². The first kappa shape index (κ1) is 18.6. The third kappa shape index (κ3) is 4.40. The van der Waals surface area contributed by atoms with Gasteiger partial charge in [-0.05, 0) is 30.3 Å². The molecule has 0 saturated heterocycles. The van der Waals surface area contributed by atoms with E-state index in [0.717, 1.165) is 35.7 Å². The lowest BCUT2D eigenvalue weighted by Crippen LogP contribution is -2.27. The molecule has 0 atom stereocenters. The SMILES string of the molecule is CN(CCc1ccccn1)c1ncccc1CNC(=O)c1cn2ccccc2n1. The summed E-state index contributed by atoms with van der Waals surface area (Å²) in [6, 6.07) is 15.4. The van der Waals surface area contributed by atoms with Crippen LogP contribution in [0.4, 0.5) is 5.82 Å². The normalized spacial score (nSPS) is 10.8. The number of likely N-dealkylation sites (N-methyl/N-ethyl adjacent to an activating group) is 1. The predicted octanol–water partition coefficient (Wildman–Crippen LogP) is 2.73. The highest BCUT2D eigenvalue weighted by Crippen LogP contribution is 2.16. The van der Waals surface area contributed by atoms with Crippen LogP contribution in [0.3, 0.4) is 0 Å². The van der Waals surface area contributed by atoms with E-state index < -0.39 is 0 Å². The first-order valence-corrected chi connectivity index (χ1v) is 9.47. The summed E-state index contributed by atoms with van der Waals surface area (Å²) in [6.45, 7) is 1.16. The van der Waals surface area contributed by atoms with E-state index in [2.05, 4.69) is 25.2 Å². The van der Waals surface area contributed by atoms with Crippen LogP contribution in [0, 0.1) is 0 Å². The summed E-state index contributed by atoms with van der Waals surface area (Å²) in [5.74, 6) is 0.637. The number of amides is 1. The monoisotopic (exact) mass is 386 g/mol. The molecule has 29 heavy (non-hydrogen) atoms. The molecule has 0 saturated carbocycles. The minimum atomic E-state index is -0.209. The van der Waals surface area contributed by atoms with E-state index in [1.54, 1.807) is 18.6 Å². The molecule has 4 aromatic heterocycles. The Hall–Kier alpha value is -3.74. The van der Waals surface area contributed by atoms with Crippen LogP contribution in [0.25, 0.3) is 5.65 Å². The summed E-state index contributed by atoms with van der Waals surface area (Å²) < 4.78 is 1.83. The van der Waals surface area contributed by atoms with Gasteiger partial charge in [0.25, 0.3) is 5.91 Å². The van der Waals surface area contributed by atoms with E-state index >= 15 is 0 Å². The Morgan fingerprint density at radius 2 is 1.93 bits per heavy atom. The Labute approximate surface area is 169 Å². The quantitative estimate of drug-likeness (QED) is 0.529. The van der Waals surface area contributed by atoms with Crippen molar-refractivity contribution in [3.63, 3.8) is 0 Å². The summed E-state index contributed by atoms with van der Waals surface area (Å²) in [4.78, 5) is 27.9. The number of pyridine rings is 3. The van der Waals surface area contributed by atoms with Gasteiger partial charge in [-0.25, -0.2) is 9.97 Å².